The molecule has 0 atom stereocenters. The second-order valence-electron chi connectivity index (χ2n) is 3.54. The molecule has 0 aliphatic carbocycles. The SMILES string of the molecule is CCOP(=S)(OCC)Oc1ccc([N+](=O)[O-])cc1[N+](=O)[O-]. The quantitative estimate of drug-likeness (QED) is 0.404. The van der Waals surface area contributed by atoms with Gasteiger partial charge >= 0.3 is 12.4 Å². The van der Waals surface area contributed by atoms with Gasteiger partial charge in [-0.2, -0.15) is 0 Å². The van der Waals surface area contributed by atoms with E-state index >= 15 is 0 Å². The van der Waals surface area contributed by atoms with Crippen LogP contribution in [-0.2, 0) is 20.9 Å². The smallest absolute Gasteiger partial charge is 0.380 e. The van der Waals surface area contributed by atoms with Crippen molar-refractivity contribution in [3.63, 3.8) is 0 Å². The highest BCUT2D eigenvalue weighted by atomic mass is 32.5. The van der Waals surface area contributed by atoms with Crippen LogP contribution >= 0.6 is 6.72 Å². The molecule has 21 heavy (non-hydrogen) atoms. The van der Waals surface area contributed by atoms with E-state index in [0.717, 1.165) is 18.2 Å². The Labute approximate surface area is 125 Å². The summed E-state index contributed by atoms with van der Waals surface area (Å²) < 4.78 is 15.7. The van der Waals surface area contributed by atoms with E-state index in [1.165, 1.54) is 0 Å². The highest BCUT2D eigenvalue weighted by molar-refractivity contribution is 8.07. The van der Waals surface area contributed by atoms with Crippen LogP contribution in [0.25, 0.3) is 0 Å². The van der Waals surface area contributed by atoms with Crippen molar-refractivity contribution in [2.24, 2.45) is 0 Å². The minimum absolute atomic E-state index is 0.206. The van der Waals surface area contributed by atoms with Crippen LogP contribution in [-0.4, -0.2) is 23.1 Å². The molecule has 0 heterocycles. The molecule has 0 amide bonds. The van der Waals surface area contributed by atoms with E-state index in [1.807, 2.05) is 0 Å². The summed E-state index contributed by atoms with van der Waals surface area (Å²) in [4.78, 5) is 20.1. The van der Waals surface area contributed by atoms with Gasteiger partial charge in [0.1, 0.15) is 0 Å². The highest BCUT2D eigenvalue weighted by Crippen LogP contribution is 2.51. The Balaban J connectivity index is 3.20. The Bertz CT molecular complexity index is 585. The molecule has 0 saturated heterocycles. The number of nitrogens with zero attached hydrogens (tertiary/aromatic N) is 2. The van der Waals surface area contributed by atoms with Gasteiger partial charge < -0.3 is 4.52 Å². The molecule has 116 valence electrons. The normalized spacial score (nSPS) is 11.1. The zero-order valence-electron chi connectivity index (χ0n) is 11.3. The Kier molecular flexibility index (Phi) is 6.16. The van der Waals surface area contributed by atoms with E-state index in [-0.39, 0.29) is 19.0 Å². The monoisotopic (exact) mass is 336 g/mol. The van der Waals surface area contributed by atoms with Crippen molar-refractivity contribution in [2.75, 3.05) is 13.2 Å². The number of hydrogen-bond acceptors (Lipinski definition) is 8. The van der Waals surface area contributed by atoms with Gasteiger partial charge in [-0.05, 0) is 19.9 Å². The van der Waals surface area contributed by atoms with E-state index in [4.69, 9.17) is 25.4 Å². The maximum Gasteiger partial charge on any atom is 0.380 e. The molecular weight excluding hydrogens is 323 g/mol. The Morgan fingerprint density at radius 2 is 1.71 bits per heavy atom. The molecule has 0 fully saturated rings. The number of nitro groups is 2. The molecule has 1 rings (SSSR count). The summed E-state index contributed by atoms with van der Waals surface area (Å²) in [5.41, 5.74) is -0.993. The predicted molar refractivity (Wildman–Crippen MR) is 77.9 cm³/mol. The molecule has 0 spiro atoms. The summed E-state index contributed by atoms with van der Waals surface area (Å²) in [5, 5.41) is 21.7. The van der Waals surface area contributed by atoms with Crippen LogP contribution in [0.4, 0.5) is 11.4 Å². The maximum absolute atomic E-state index is 11.0. The first kappa shape index (κ1) is 17.4. The van der Waals surface area contributed by atoms with Crippen molar-refractivity contribution < 1.29 is 23.4 Å². The van der Waals surface area contributed by atoms with Gasteiger partial charge in [-0.1, -0.05) is 0 Å². The summed E-state index contributed by atoms with van der Waals surface area (Å²) in [5.74, 6) is -0.226. The van der Waals surface area contributed by atoms with Crippen LogP contribution in [0.5, 0.6) is 5.75 Å². The van der Waals surface area contributed by atoms with Crippen molar-refractivity contribution in [3.05, 3.63) is 38.4 Å². The van der Waals surface area contributed by atoms with Gasteiger partial charge in [-0.15, -0.1) is 0 Å². The van der Waals surface area contributed by atoms with Gasteiger partial charge in [0.05, 0.1) is 29.1 Å². The maximum atomic E-state index is 11.0. The van der Waals surface area contributed by atoms with Gasteiger partial charge in [0.25, 0.3) is 5.69 Å². The van der Waals surface area contributed by atoms with Crippen molar-refractivity contribution in [1.82, 2.24) is 0 Å². The molecule has 0 unspecified atom stereocenters. The lowest BCUT2D eigenvalue weighted by molar-refractivity contribution is -0.394. The summed E-state index contributed by atoms with van der Waals surface area (Å²) in [6.07, 6.45) is 0. The summed E-state index contributed by atoms with van der Waals surface area (Å²) >= 11 is 5.10. The molecule has 0 N–H and O–H groups in total. The minimum Gasteiger partial charge on any atom is -0.417 e. The second kappa shape index (κ2) is 7.41. The minimum atomic E-state index is -3.19. The van der Waals surface area contributed by atoms with Gasteiger partial charge in [0.2, 0.25) is 5.75 Å². The van der Waals surface area contributed by atoms with Crippen molar-refractivity contribution in [1.29, 1.82) is 0 Å². The third-order valence-corrected chi connectivity index (χ3v) is 4.56. The highest BCUT2D eigenvalue weighted by Gasteiger charge is 2.28. The molecule has 1 aromatic rings. The van der Waals surface area contributed by atoms with Crippen LogP contribution in [0.1, 0.15) is 13.8 Å². The van der Waals surface area contributed by atoms with E-state index in [1.54, 1.807) is 13.8 Å². The van der Waals surface area contributed by atoms with Crippen LogP contribution in [0.3, 0.4) is 0 Å². The van der Waals surface area contributed by atoms with Crippen molar-refractivity contribution in [3.8, 4) is 5.75 Å². The van der Waals surface area contributed by atoms with Crippen LogP contribution < -0.4 is 4.52 Å². The first-order valence-electron chi connectivity index (χ1n) is 5.84. The second-order valence-corrected chi connectivity index (χ2v) is 6.48. The van der Waals surface area contributed by atoms with E-state index in [2.05, 4.69) is 0 Å². The topological polar surface area (TPSA) is 114 Å². The average Bonchev–Trinajstić information content (AvgIpc) is 2.38. The van der Waals surface area contributed by atoms with Crippen LogP contribution in [0.15, 0.2) is 18.2 Å². The lowest BCUT2D eigenvalue weighted by Crippen LogP contribution is -2.04. The van der Waals surface area contributed by atoms with Crippen LogP contribution in [0.2, 0.25) is 0 Å². The number of benzene rings is 1. The molecule has 0 saturated carbocycles. The third kappa shape index (κ3) is 4.71. The Morgan fingerprint density at radius 1 is 1.14 bits per heavy atom. The molecule has 11 heteroatoms. The first-order chi connectivity index (χ1) is 9.83. The first-order valence-corrected chi connectivity index (χ1v) is 8.40. The summed E-state index contributed by atoms with van der Waals surface area (Å²) in [6.45, 7) is 0.574. The zero-order valence-corrected chi connectivity index (χ0v) is 13.0. The Morgan fingerprint density at radius 3 is 2.14 bits per heavy atom. The molecule has 1 aromatic carbocycles. The van der Waals surface area contributed by atoms with Gasteiger partial charge in [-0.25, -0.2) is 0 Å². The lowest BCUT2D eigenvalue weighted by atomic mass is 10.2. The summed E-state index contributed by atoms with van der Waals surface area (Å²) in [6, 6.07) is 2.99. The number of hydrogen-bond donors (Lipinski definition) is 0. The van der Waals surface area contributed by atoms with E-state index in [9.17, 15) is 20.2 Å². The molecule has 0 aliphatic heterocycles. The van der Waals surface area contributed by atoms with Crippen molar-refractivity contribution in [2.45, 2.75) is 13.8 Å². The van der Waals surface area contributed by atoms with Crippen molar-refractivity contribution >= 4 is 29.9 Å². The Hall–Kier alpha value is -1.61. The number of nitro benzene ring substituents is 2. The van der Waals surface area contributed by atoms with E-state index in [0.29, 0.717) is 0 Å². The molecule has 0 aromatic heterocycles. The third-order valence-electron chi connectivity index (χ3n) is 2.13. The fourth-order valence-corrected chi connectivity index (χ4v) is 3.45. The lowest BCUT2D eigenvalue weighted by Gasteiger charge is -2.20. The van der Waals surface area contributed by atoms with Gasteiger partial charge in [0.15, 0.2) is 0 Å². The van der Waals surface area contributed by atoms with Gasteiger partial charge in [-0.3, -0.25) is 29.3 Å². The molecule has 0 bridgehead atoms. The molecular formula is C10H13N2O7PS. The predicted octanol–water partition coefficient (Wildman–Crippen LogP) is 3.18. The largest absolute Gasteiger partial charge is 0.417 e. The average molecular weight is 336 g/mol. The molecule has 0 radical (unpaired) electrons. The molecule has 0 aliphatic rings. The zero-order chi connectivity index (χ0) is 16.0. The summed E-state index contributed by atoms with van der Waals surface area (Å²) in [7, 11) is 0. The standard InChI is InChI=1S/C10H13N2O7PS/c1-3-17-20(21,18-4-2)19-10-6-5-8(11(13)14)7-9(10)12(15)16/h5-7H,3-4H2,1-2H3. The van der Waals surface area contributed by atoms with E-state index < -0.39 is 27.9 Å². The molecule has 9 nitrogen and oxygen atoms in total. The number of non-ortho nitro benzene ring substituents is 1. The van der Waals surface area contributed by atoms with Gasteiger partial charge in [0, 0.05) is 17.9 Å². The van der Waals surface area contributed by atoms with Crippen LogP contribution in [0, 0.1) is 20.2 Å². The fraction of sp³-hybridized carbons (Fsp3) is 0.400. The fourth-order valence-electron chi connectivity index (χ4n) is 1.37. The number of rotatable bonds is 8.